The molecule has 0 saturated heterocycles. The van der Waals surface area contributed by atoms with Crippen molar-refractivity contribution in [1.29, 1.82) is 0 Å². The van der Waals surface area contributed by atoms with E-state index in [1.807, 2.05) is 0 Å². The topological polar surface area (TPSA) is 26.3 Å². The average Bonchev–Trinajstić information content (AvgIpc) is 2.79. The summed E-state index contributed by atoms with van der Waals surface area (Å²) in [7, 11) is 0. The number of hydrogen-bond donors (Lipinski definition) is 0. The van der Waals surface area contributed by atoms with Gasteiger partial charge in [0.2, 0.25) is 0 Å². The molecule has 0 bridgehead atoms. The molecule has 0 amide bonds. The van der Waals surface area contributed by atoms with E-state index in [0.717, 1.165) is 0 Å². The van der Waals surface area contributed by atoms with Gasteiger partial charge >= 0.3 is 124 Å². The number of allylic oxidation sites excluding steroid dienone is 4. The third-order valence-electron chi connectivity index (χ3n) is 4.47. The monoisotopic (exact) mass is 360 g/mol. The molecule has 0 radical (unpaired) electrons. The number of terminal acetylenes is 1. The maximum atomic E-state index is 11.2. The quantitative estimate of drug-likeness (QED) is 0.409. The number of rotatable bonds is 2. The summed E-state index contributed by atoms with van der Waals surface area (Å²) in [6.07, 6.45) is 15.3. The Morgan fingerprint density at radius 3 is 1.95 bits per heavy atom. The van der Waals surface area contributed by atoms with Gasteiger partial charge in [0.05, 0.1) is 0 Å². The van der Waals surface area contributed by atoms with Crippen molar-refractivity contribution in [1.82, 2.24) is 0 Å². The van der Waals surface area contributed by atoms with Gasteiger partial charge in [-0.3, -0.25) is 0 Å². The van der Waals surface area contributed by atoms with Crippen molar-refractivity contribution in [2.24, 2.45) is 0 Å². The minimum absolute atomic E-state index is 0. The first kappa shape index (κ1) is 18.9. The first-order valence-electron chi connectivity index (χ1n) is 7.18. The number of hydrogen-bond acceptors (Lipinski definition) is 2. The predicted octanol–water partition coefficient (Wildman–Crippen LogP) is -2.29. The van der Waals surface area contributed by atoms with Crippen molar-refractivity contribution in [3.8, 4) is 12.3 Å². The maximum Gasteiger partial charge on any atom is -1.00 e. The van der Waals surface area contributed by atoms with E-state index < -0.39 is 25.5 Å². The van der Waals surface area contributed by atoms with Gasteiger partial charge in [0.15, 0.2) is 0 Å². The zero-order chi connectivity index (χ0) is 13.2. The van der Waals surface area contributed by atoms with Crippen LogP contribution in [0.1, 0.15) is 51.4 Å². The molecule has 0 aromatic heterocycles. The molecule has 3 aliphatic rings. The van der Waals surface area contributed by atoms with E-state index >= 15 is 0 Å². The van der Waals surface area contributed by atoms with Gasteiger partial charge in [0.25, 0.3) is 0 Å². The summed E-state index contributed by atoms with van der Waals surface area (Å²) in [5.74, 6) is 1.60. The molecule has 0 saturated carbocycles. The standard InChI is InChI=1S/C13H17.C3H2O2.2ClH.Ti/c1-3-7-12-10(5-1)9-11-6-2-4-8-13(11)12;1-2-3(4)5;;;/h9H,1-8H2;1H,(H,4,5);2*1H;/q;;;;+3/p-3. The van der Waals surface area contributed by atoms with Crippen molar-refractivity contribution in [2.45, 2.75) is 55.6 Å². The van der Waals surface area contributed by atoms with E-state index in [4.69, 9.17) is 9.74 Å². The molecule has 5 heteroatoms. The summed E-state index contributed by atoms with van der Waals surface area (Å²) < 4.78 is 5.83. The molecule has 3 rings (SSSR count). The first-order valence-corrected chi connectivity index (χ1v) is 8.72. The van der Waals surface area contributed by atoms with E-state index in [-0.39, 0.29) is 24.8 Å². The number of carbonyl (C=O) groups is 1. The Kier molecular flexibility index (Phi) is 7.58. The summed E-state index contributed by atoms with van der Waals surface area (Å²) in [6.45, 7) is 0. The fraction of sp³-hybridized carbons (Fsp3) is 0.562. The predicted molar refractivity (Wildman–Crippen MR) is 69.7 cm³/mol. The summed E-state index contributed by atoms with van der Waals surface area (Å²) in [5.41, 5.74) is 6.52. The van der Waals surface area contributed by atoms with E-state index in [2.05, 4.69) is 5.92 Å². The minimum Gasteiger partial charge on any atom is -1.00 e. The molecule has 0 aromatic carbocycles. The first-order chi connectivity index (χ1) is 9.31. The fourth-order valence-corrected chi connectivity index (χ4v) is 5.56. The molecule has 0 unspecified atom stereocenters. The van der Waals surface area contributed by atoms with Gasteiger partial charge in [-0.05, 0) is 0 Å². The zero-order valence-electron chi connectivity index (χ0n) is 11.9. The summed E-state index contributed by atoms with van der Waals surface area (Å²) in [4.78, 5) is 11.2. The third-order valence-corrected chi connectivity index (χ3v) is 6.40. The van der Waals surface area contributed by atoms with Gasteiger partial charge in [-0.1, -0.05) is 0 Å². The van der Waals surface area contributed by atoms with Crippen LogP contribution in [0, 0.1) is 12.3 Å². The van der Waals surface area contributed by atoms with E-state index in [0.29, 0.717) is 4.22 Å². The van der Waals surface area contributed by atoms with Crippen LogP contribution in [0.25, 0.3) is 0 Å². The van der Waals surface area contributed by atoms with Gasteiger partial charge in [0, 0.05) is 0 Å². The second kappa shape index (κ2) is 8.44. The van der Waals surface area contributed by atoms with Crippen molar-refractivity contribution in [3.05, 3.63) is 22.3 Å². The minimum atomic E-state index is -0.773. The van der Waals surface area contributed by atoms with Crippen LogP contribution in [0.15, 0.2) is 22.3 Å². The third kappa shape index (κ3) is 3.77. The Labute approximate surface area is 148 Å². The molecule has 112 valence electrons. The zero-order valence-corrected chi connectivity index (χ0v) is 15.0. The molecule has 0 aromatic rings. The number of halogens is 2. The molecule has 0 fully saturated rings. The van der Waals surface area contributed by atoms with Crippen LogP contribution in [0.4, 0.5) is 0 Å². The smallest absolute Gasteiger partial charge is 1.00 e. The average molecular weight is 361 g/mol. The van der Waals surface area contributed by atoms with Gasteiger partial charge in [-0.25, -0.2) is 0 Å². The van der Waals surface area contributed by atoms with Crippen LogP contribution in [0.3, 0.4) is 0 Å². The van der Waals surface area contributed by atoms with Crippen molar-refractivity contribution >= 4 is 5.97 Å². The molecule has 0 aliphatic heterocycles. The Hall–Kier alpha value is -0.196. The Balaban J connectivity index is 0.00000110. The van der Waals surface area contributed by atoms with Crippen molar-refractivity contribution in [2.75, 3.05) is 0 Å². The largest absolute Gasteiger partial charge is 1.00 e. The number of carbonyl (C=O) groups excluding carboxylic acids is 1. The molecule has 0 spiro atoms. The fourth-order valence-electron chi connectivity index (χ4n) is 3.68. The van der Waals surface area contributed by atoms with E-state index in [1.165, 1.54) is 51.4 Å². The summed E-state index contributed by atoms with van der Waals surface area (Å²) in [6, 6.07) is 0. The normalized spacial score (nSPS) is 20.3. The SMILES string of the molecule is C#CC(=O)[O][Ti+2][CH]1C2=C(CCCC2)C2=C1CCCC2.[Cl-].[Cl-]. The van der Waals surface area contributed by atoms with Gasteiger partial charge < -0.3 is 24.8 Å². The van der Waals surface area contributed by atoms with Crippen LogP contribution >= 0.6 is 0 Å². The van der Waals surface area contributed by atoms with Crippen LogP contribution in [0.5, 0.6) is 0 Å². The van der Waals surface area contributed by atoms with Crippen molar-refractivity contribution < 1.29 is 52.5 Å². The van der Waals surface area contributed by atoms with Crippen LogP contribution in [0.2, 0.25) is 4.22 Å². The molecular formula is C16H18Cl2O2Ti. The summed E-state index contributed by atoms with van der Waals surface area (Å²) >= 11 is -0.773. The van der Waals surface area contributed by atoms with Crippen LogP contribution in [-0.2, 0) is 27.7 Å². The van der Waals surface area contributed by atoms with E-state index in [1.54, 1.807) is 22.3 Å². The molecule has 2 nitrogen and oxygen atoms in total. The van der Waals surface area contributed by atoms with E-state index in [9.17, 15) is 4.79 Å². The Bertz CT molecular complexity index is 485. The molecular weight excluding hydrogens is 343 g/mol. The van der Waals surface area contributed by atoms with Gasteiger partial charge in [-0.2, -0.15) is 0 Å². The van der Waals surface area contributed by atoms with Gasteiger partial charge in [-0.15, -0.1) is 0 Å². The second-order valence-electron chi connectivity index (χ2n) is 5.51. The maximum absolute atomic E-state index is 11.2. The van der Waals surface area contributed by atoms with Crippen LogP contribution < -0.4 is 24.8 Å². The molecule has 0 heterocycles. The molecule has 21 heavy (non-hydrogen) atoms. The van der Waals surface area contributed by atoms with Gasteiger partial charge in [0.1, 0.15) is 0 Å². The Morgan fingerprint density at radius 2 is 1.48 bits per heavy atom. The van der Waals surface area contributed by atoms with Crippen molar-refractivity contribution in [3.63, 3.8) is 0 Å². The Morgan fingerprint density at radius 1 is 1.00 bits per heavy atom. The number of fused-ring (bicyclic) bond motifs is 1. The van der Waals surface area contributed by atoms with Crippen LogP contribution in [-0.4, -0.2) is 5.97 Å². The molecule has 0 atom stereocenters. The molecule has 0 N–H and O–H groups in total. The molecule has 3 aliphatic carbocycles. The second-order valence-corrected chi connectivity index (χ2v) is 7.09. The summed E-state index contributed by atoms with van der Waals surface area (Å²) in [5, 5.41) is 0.